The first-order valence-electron chi connectivity index (χ1n) is 19.0. The molecule has 54 heavy (non-hydrogen) atoms. The number of hydrogen-bond acceptors (Lipinski definition) is 2. The summed E-state index contributed by atoms with van der Waals surface area (Å²) in [6, 6.07) is 55.8. The number of thiophene rings is 2. The highest BCUT2D eigenvalue weighted by Crippen LogP contribution is 2.57. The van der Waals surface area contributed by atoms with Crippen molar-refractivity contribution >= 4 is 73.8 Å². The van der Waals surface area contributed by atoms with Crippen LogP contribution in [-0.4, -0.2) is 0 Å². The first kappa shape index (κ1) is 30.9. The molecule has 0 aliphatic heterocycles. The third-order valence-corrected chi connectivity index (χ3v) is 15.2. The van der Waals surface area contributed by atoms with Crippen molar-refractivity contribution in [2.24, 2.45) is 0 Å². The highest BCUT2D eigenvalue weighted by Gasteiger charge is 2.40. The summed E-state index contributed by atoms with van der Waals surface area (Å²) in [5, 5.41) is 8.12. The van der Waals surface area contributed by atoms with E-state index in [4.69, 9.17) is 0 Å². The van der Waals surface area contributed by atoms with Crippen molar-refractivity contribution in [2.45, 2.75) is 38.5 Å². The normalized spacial score (nSPS) is 15.0. The molecule has 0 unspecified atom stereocenters. The maximum absolute atomic E-state index is 2.47. The molecule has 0 saturated heterocycles. The minimum absolute atomic E-state index is 0.103. The van der Waals surface area contributed by atoms with Gasteiger partial charge in [0.15, 0.2) is 0 Å². The van der Waals surface area contributed by atoms with Crippen LogP contribution in [0.15, 0.2) is 146 Å². The number of benzene rings is 8. The summed E-state index contributed by atoms with van der Waals surface area (Å²) in [5.74, 6) is 0. The van der Waals surface area contributed by atoms with Crippen LogP contribution in [0.25, 0.3) is 95.6 Å². The van der Waals surface area contributed by atoms with Gasteiger partial charge in [-0.3, -0.25) is 0 Å². The Bertz CT molecular complexity index is 3050. The van der Waals surface area contributed by atoms with E-state index >= 15 is 0 Å². The minimum Gasteiger partial charge on any atom is -0.135 e. The number of hydrogen-bond donors (Lipinski definition) is 0. The predicted molar refractivity (Wildman–Crippen MR) is 236 cm³/mol. The maximum Gasteiger partial charge on any atom is 0.0355 e. The van der Waals surface area contributed by atoms with Crippen molar-refractivity contribution in [1.29, 1.82) is 0 Å². The molecule has 0 saturated carbocycles. The Kier molecular flexibility index (Phi) is 6.04. The molecule has 0 fully saturated rings. The van der Waals surface area contributed by atoms with Crippen LogP contribution in [0.5, 0.6) is 0 Å². The lowest BCUT2D eigenvalue weighted by molar-refractivity contribution is 0.660. The highest BCUT2D eigenvalue weighted by atomic mass is 32.1. The SMILES string of the molecule is CC1(C)c2cc(-c3ccc4sc5ccccc5c4c3)ccc2-c2c1ccc1c3c(ccc21)C(C)(C)c1cc(-c2ccc4sc5ccccc5c4c2)ccc1-3. The van der Waals surface area contributed by atoms with E-state index in [0.29, 0.717) is 0 Å². The van der Waals surface area contributed by atoms with E-state index in [1.807, 2.05) is 22.7 Å². The topological polar surface area (TPSA) is 0 Å². The van der Waals surface area contributed by atoms with Gasteiger partial charge in [-0.2, -0.15) is 0 Å². The third kappa shape index (κ3) is 4.02. The molecule has 0 atom stereocenters. The second kappa shape index (κ2) is 10.6. The molecule has 0 radical (unpaired) electrons. The molecule has 2 aliphatic carbocycles. The Balaban J connectivity index is 0.991. The van der Waals surface area contributed by atoms with Crippen LogP contribution in [0.1, 0.15) is 49.9 Å². The Morgan fingerprint density at radius 3 is 1.17 bits per heavy atom. The zero-order chi connectivity index (χ0) is 36.1. The van der Waals surface area contributed by atoms with Crippen molar-refractivity contribution in [3.63, 3.8) is 0 Å². The number of rotatable bonds is 2. The Hall–Kier alpha value is -5.54. The van der Waals surface area contributed by atoms with Gasteiger partial charge in [0, 0.05) is 51.2 Å². The molecular formula is C52H36S2. The summed E-state index contributed by atoms with van der Waals surface area (Å²) in [6.45, 7) is 9.64. The fourth-order valence-electron chi connectivity index (χ4n) is 10.0. The van der Waals surface area contributed by atoms with Gasteiger partial charge in [-0.1, -0.05) is 125 Å². The molecule has 0 N–H and O–H groups in total. The van der Waals surface area contributed by atoms with E-state index in [1.165, 1.54) is 118 Å². The smallest absolute Gasteiger partial charge is 0.0355 e. The van der Waals surface area contributed by atoms with Crippen LogP contribution in [0.4, 0.5) is 0 Å². The predicted octanol–water partition coefficient (Wildman–Crippen LogP) is 15.5. The molecule has 256 valence electrons. The molecule has 2 aliphatic rings. The van der Waals surface area contributed by atoms with Crippen molar-refractivity contribution in [3.05, 3.63) is 168 Å². The summed E-state index contributed by atoms with van der Waals surface area (Å²) in [6.07, 6.45) is 0. The molecule has 2 aromatic heterocycles. The van der Waals surface area contributed by atoms with Crippen molar-refractivity contribution < 1.29 is 0 Å². The number of fused-ring (bicyclic) bond motifs is 15. The highest BCUT2D eigenvalue weighted by molar-refractivity contribution is 7.26. The van der Waals surface area contributed by atoms with Crippen LogP contribution < -0.4 is 0 Å². The monoisotopic (exact) mass is 724 g/mol. The van der Waals surface area contributed by atoms with Gasteiger partial charge in [0.1, 0.15) is 0 Å². The molecule has 0 bridgehead atoms. The molecule has 10 aromatic rings. The summed E-state index contributed by atoms with van der Waals surface area (Å²) in [4.78, 5) is 0. The fraction of sp³-hybridized carbons (Fsp3) is 0.115. The van der Waals surface area contributed by atoms with Crippen LogP contribution in [0.2, 0.25) is 0 Å². The Labute approximate surface area is 323 Å². The molecule has 8 aromatic carbocycles. The van der Waals surface area contributed by atoms with Gasteiger partial charge in [-0.15, -0.1) is 22.7 Å². The van der Waals surface area contributed by atoms with E-state index < -0.39 is 0 Å². The molecule has 2 heteroatoms. The second-order valence-corrected chi connectivity index (χ2v) is 18.6. The molecule has 0 amide bonds. The maximum atomic E-state index is 2.47. The van der Waals surface area contributed by atoms with Gasteiger partial charge in [-0.25, -0.2) is 0 Å². The molecule has 0 spiro atoms. The largest absolute Gasteiger partial charge is 0.135 e. The molecular weight excluding hydrogens is 689 g/mol. The van der Waals surface area contributed by atoms with E-state index in [0.717, 1.165) is 0 Å². The first-order valence-corrected chi connectivity index (χ1v) is 20.6. The van der Waals surface area contributed by atoms with Crippen LogP contribution >= 0.6 is 22.7 Å². The van der Waals surface area contributed by atoms with Gasteiger partial charge < -0.3 is 0 Å². The average molecular weight is 725 g/mol. The van der Waals surface area contributed by atoms with Gasteiger partial charge in [0.05, 0.1) is 0 Å². The summed E-state index contributed by atoms with van der Waals surface area (Å²) in [5.41, 5.74) is 16.2. The van der Waals surface area contributed by atoms with Crippen LogP contribution in [-0.2, 0) is 10.8 Å². The zero-order valence-corrected chi connectivity index (χ0v) is 32.3. The second-order valence-electron chi connectivity index (χ2n) is 16.5. The van der Waals surface area contributed by atoms with E-state index in [-0.39, 0.29) is 10.8 Å². The fourth-order valence-corrected chi connectivity index (χ4v) is 12.2. The standard InChI is InChI=1S/C52H36S2/c1-51(2)41-21-19-36-35(49(41)37-17-13-31(27-43(37)51)29-15-23-47-39(25-29)33-9-5-7-11-45(33)53-47)20-22-42-50(36)38-18-14-32(28-44(38)52(42,3)4)30-16-24-48-40(26-30)34-10-6-8-12-46(34)54-48/h5-28H,1-4H3. The van der Waals surface area contributed by atoms with Crippen LogP contribution in [0, 0.1) is 0 Å². The lowest BCUT2D eigenvalue weighted by atomic mass is 9.80. The lowest BCUT2D eigenvalue weighted by Gasteiger charge is -2.23. The Morgan fingerprint density at radius 1 is 0.315 bits per heavy atom. The third-order valence-electron chi connectivity index (χ3n) is 12.9. The quantitative estimate of drug-likeness (QED) is 0.167. The van der Waals surface area contributed by atoms with Gasteiger partial charge in [-0.05, 0) is 126 Å². The first-order chi connectivity index (χ1) is 26.3. The molecule has 0 nitrogen and oxygen atoms in total. The van der Waals surface area contributed by atoms with E-state index in [2.05, 4.69) is 173 Å². The van der Waals surface area contributed by atoms with Crippen molar-refractivity contribution in [1.82, 2.24) is 0 Å². The van der Waals surface area contributed by atoms with Crippen molar-refractivity contribution in [3.8, 4) is 44.5 Å². The van der Waals surface area contributed by atoms with Crippen LogP contribution in [0.3, 0.4) is 0 Å². The van der Waals surface area contributed by atoms with Gasteiger partial charge in [0.25, 0.3) is 0 Å². The van der Waals surface area contributed by atoms with E-state index in [9.17, 15) is 0 Å². The minimum atomic E-state index is -0.103. The summed E-state index contributed by atoms with van der Waals surface area (Å²) in [7, 11) is 0. The lowest BCUT2D eigenvalue weighted by Crippen LogP contribution is -2.15. The zero-order valence-electron chi connectivity index (χ0n) is 30.7. The molecule has 2 heterocycles. The van der Waals surface area contributed by atoms with Gasteiger partial charge >= 0.3 is 0 Å². The molecule has 12 rings (SSSR count). The summed E-state index contributed by atoms with van der Waals surface area (Å²) >= 11 is 3.77. The van der Waals surface area contributed by atoms with Gasteiger partial charge in [0.2, 0.25) is 0 Å². The Morgan fingerprint density at radius 2 is 0.704 bits per heavy atom. The van der Waals surface area contributed by atoms with E-state index in [1.54, 1.807) is 0 Å². The summed E-state index contributed by atoms with van der Waals surface area (Å²) < 4.78 is 5.40. The van der Waals surface area contributed by atoms with Crippen molar-refractivity contribution in [2.75, 3.05) is 0 Å². The average Bonchev–Trinajstić information content (AvgIpc) is 3.89.